The van der Waals surface area contributed by atoms with Crippen LogP contribution in [0.1, 0.15) is 47.2 Å². The second-order valence-electron chi connectivity index (χ2n) is 15.3. The summed E-state index contributed by atoms with van der Waals surface area (Å²) >= 11 is 9.86. The van der Waals surface area contributed by atoms with Gasteiger partial charge >= 0.3 is 5.97 Å². The smallest absolute Gasteiger partial charge is 0.335 e. The number of allylic oxidation sites excluding steroid dienone is 2. The first-order valence-electron chi connectivity index (χ1n) is 18.2. The number of hydrogen-bond donors (Lipinski definition) is 2. The number of fused-ring (bicyclic) bond motifs is 5. The van der Waals surface area contributed by atoms with Crippen LogP contribution in [-0.4, -0.2) is 56.7 Å². The molecule has 2 N–H and O–H groups in total. The summed E-state index contributed by atoms with van der Waals surface area (Å²) in [5.41, 5.74) is 1.69. The van der Waals surface area contributed by atoms with E-state index >= 15 is 4.79 Å². The molecule has 2 aliphatic heterocycles. The minimum atomic E-state index is -1.35. The van der Waals surface area contributed by atoms with Gasteiger partial charge < -0.3 is 14.9 Å². The number of carbonyl (C=O) groups is 5. The highest BCUT2D eigenvalue weighted by Crippen LogP contribution is 2.64. The Kier molecular flexibility index (Phi) is 8.72. The summed E-state index contributed by atoms with van der Waals surface area (Å²) in [6.45, 7) is 3.78. The standard InChI is InChI=1S/C42H34ClIN4O8S/c1-18-25-15-21(43)8-11-31(25)57-36(18)29-17-32(46(3)45-29)48-38(51)27-16-26-23(34(42(27,2)41(48)55)20-13-28(44)35(49)30(14-20)56-4)9-10-24-33(26)39(52)47(37(24)50)22-7-5-6-19(12-22)40(53)54/h5-9,11-15,17,24,26-27,33-34,49H,10,16H2,1-4H3,(H,53,54). The van der Waals surface area contributed by atoms with E-state index in [1.165, 1.54) is 41.0 Å². The number of anilines is 2. The minimum Gasteiger partial charge on any atom is -0.504 e. The zero-order valence-corrected chi connectivity index (χ0v) is 34.7. The Morgan fingerprint density at radius 1 is 1.02 bits per heavy atom. The highest BCUT2D eigenvalue weighted by atomic mass is 127. The van der Waals surface area contributed by atoms with Gasteiger partial charge in [-0.05, 0) is 120 Å². The van der Waals surface area contributed by atoms with E-state index in [-0.39, 0.29) is 35.6 Å². The molecule has 12 nitrogen and oxygen atoms in total. The van der Waals surface area contributed by atoms with Crippen LogP contribution in [0.4, 0.5) is 11.5 Å². The number of benzene rings is 3. The fraction of sp³-hybridized carbons (Fsp3) is 0.286. The number of thiophene rings is 1. The predicted octanol–water partition coefficient (Wildman–Crippen LogP) is 7.72. The molecule has 4 heterocycles. The first kappa shape index (κ1) is 37.5. The van der Waals surface area contributed by atoms with Crippen molar-refractivity contribution < 1.29 is 38.9 Å². The highest BCUT2D eigenvalue weighted by Gasteiger charge is 2.68. The zero-order valence-electron chi connectivity index (χ0n) is 30.9. The van der Waals surface area contributed by atoms with Crippen molar-refractivity contribution in [2.24, 2.45) is 36.1 Å². The van der Waals surface area contributed by atoms with Gasteiger partial charge in [-0.3, -0.25) is 28.8 Å². The van der Waals surface area contributed by atoms with Gasteiger partial charge in [-0.15, -0.1) is 11.3 Å². The van der Waals surface area contributed by atoms with Gasteiger partial charge in [0.2, 0.25) is 23.6 Å². The molecule has 4 amide bonds. The lowest BCUT2D eigenvalue weighted by Crippen LogP contribution is -2.49. The number of ether oxygens (including phenoxy) is 1. The number of hydrogen-bond acceptors (Lipinski definition) is 9. The lowest BCUT2D eigenvalue weighted by atomic mass is 9.51. The number of aromatic nitrogens is 2. The van der Waals surface area contributed by atoms with Crippen LogP contribution in [0.25, 0.3) is 20.7 Å². The van der Waals surface area contributed by atoms with E-state index in [1.807, 2.05) is 53.8 Å². The molecule has 2 saturated heterocycles. The number of imide groups is 2. The molecular weight excluding hydrogens is 883 g/mol. The van der Waals surface area contributed by atoms with Crippen LogP contribution in [0.15, 0.2) is 72.3 Å². The lowest BCUT2D eigenvalue weighted by Gasteiger charge is -2.49. The van der Waals surface area contributed by atoms with E-state index in [1.54, 1.807) is 43.5 Å². The first-order valence-corrected chi connectivity index (χ1v) is 20.5. The average Bonchev–Trinajstić information content (AvgIpc) is 3.85. The Bertz CT molecular complexity index is 2690. The number of carboxylic acid groups (broad SMARTS) is 1. The third-order valence-electron chi connectivity index (χ3n) is 12.4. The molecule has 0 radical (unpaired) electrons. The second kappa shape index (κ2) is 13.2. The van der Waals surface area contributed by atoms with Crippen molar-refractivity contribution in [3.05, 3.63) is 97.6 Å². The van der Waals surface area contributed by atoms with Gasteiger partial charge in [-0.1, -0.05) is 29.3 Å². The van der Waals surface area contributed by atoms with Crippen molar-refractivity contribution in [3.63, 3.8) is 0 Å². The average molecular weight is 917 g/mol. The molecule has 4 aliphatic rings. The summed E-state index contributed by atoms with van der Waals surface area (Å²) < 4.78 is 8.59. The Morgan fingerprint density at radius 2 is 1.79 bits per heavy atom. The molecule has 290 valence electrons. The third kappa shape index (κ3) is 5.36. The number of carboxylic acids is 1. The van der Waals surface area contributed by atoms with Crippen LogP contribution < -0.4 is 14.5 Å². The molecule has 15 heteroatoms. The summed E-state index contributed by atoms with van der Waals surface area (Å²) in [4.78, 5) is 73.8. The van der Waals surface area contributed by atoms with Crippen LogP contribution in [0.5, 0.6) is 11.5 Å². The SMILES string of the molecule is COc1cc(C2C3=CCC4C(=O)N(c5cccc(C(=O)O)c5)C(=O)C4C3CC3C(=O)N(c4cc(-c5sc6ccc(Cl)cc6c5C)nn4C)C(=O)C32C)cc(I)c1O. The predicted molar refractivity (Wildman–Crippen MR) is 222 cm³/mol. The van der Waals surface area contributed by atoms with Gasteiger partial charge in [0.15, 0.2) is 11.5 Å². The highest BCUT2D eigenvalue weighted by molar-refractivity contribution is 14.1. The first-order chi connectivity index (χ1) is 27.1. The molecule has 3 fully saturated rings. The van der Waals surface area contributed by atoms with Crippen LogP contribution in [0.3, 0.4) is 0 Å². The number of phenols is 1. The van der Waals surface area contributed by atoms with Gasteiger partial charge in [0.1, 0.15) is 11.5 Å². The fourth-order valence-corrected chi connectivity index (χ4v) is 11.7. The number of aromatic carboxylic acids is 1. The Hall–Kier alpha value is -5.06. The van der Waals surface area contributed by atoms with E-state index < -0.39 is 64.6 Å². The summed E-state index contributed by atoms with van der Waals surface area (Å²) in [5.74, 6) is -6.43. The monoisotopic (exact) mass is 916 g/mol. The van der Waals surface area contributed by atoms with Gasteiger partial charge in [0.05, 0.1) is 50.0 Å². The van der Waals surface area contributed by atoms with Crippen molar-refractivity contribution in [1.82, 2.24) is 9.78 Å². The molecule has 3 aromatic carbocycles. The molecule has 2 aromatic heterocycles. The summed E-state index contributed by atoms with van der Waals surface area (Å²) in [7, 11) is 3.13. The van der Waals surface area contributed by atoms with E-state index in [0.29, 0.717) is 25.7 Å². The van der Waals surface area contributed by atoms with E-state index in [2.05, 4.69) is 0 Å². The molecule has 5 aromatic rings. The van der Waals surface area contributed by atoms with Gasteiger partial charge in [-0.25, -0.2) is 9.69 Å². The lowest BCUT2D eigenvalue weighted by molar-refractivity contribution is -0.131. The van der Waals surface area contributed by atoms with Crippen LogP contribution in [0.2, 0.25) is 5.02 Å². The molecule has 6 atom stereocenters. The number of aromatic hydroxyl groups is 1. The van der Waals surface area contributed by atoms with Gasteiger partial charge in [0, 0.05) is 28.8 Å². The van der Waals surface area contributed by atoms with Crippen molar-refractivity contribution in [2.45, 2.75) is 32.6 Å². The maximum atomic E-state index is 15.2. The quantitative estimate of drug-likeness (QED) is 0.0989. The number of methoxy groups -OCH3 is 1. The number of amides is 4. The van der Waals surface area contributed by atoms with Crippen molar-refractivity contribution in [1.29, 1.82) is 0 Å². The van der Waals surface area contributed by atoms with Gasteiger partial charge in [0.25, 0.3) is 0 Å². The number of nitrogens with zero attached hydrogens (tertiary/aromatic N) is 4. The normalized spacial score (nSPS) is 25.5. The Morgan fingerprint density at radius 3 is 2.53 bits per heavy atom. The van der Waals surface area contributed by atoms with Crippen molar-refractivity contribution >= 4 is 96.7 Å². The van der Waals surface area contributed by atoms with Crippen molar-refractivity contribution in [2.75, 3.05) is 16.9 Å². The van der Waals surface area contributed by atoms with Crippen LogP contribution in [0, 0.1) is 39.6 Å². The number of rotatable bonds is 6. The molecular formula is C42H34ClIN4O8S. The van der Waals surface area contributed by atoms with Crippen LogP contribution in [-0.2, 0) is 26.2 Å². The summed E-state index contributed by atoms with van der Waals surface area (Å²) in [5, 5.41) is 26.9. The van der Waals surface area contributed by atoms with Gasteiger partial charge in [-0.2, -0.15) is 5.10 Å². The van der Waals surface area contributed by atoms with Crippen LogP contribution >= 0.6 is 45.5 Å². The maximum absolute atomic E-state index is 15.2. The Labute approximate surface area is 348 Å². The molecule has 6 unspecified atom stereocenters. The zero-order chi connectivity index (χ0) is 40.4. The number of aryl methyl sites for hydroxylation is 2. The number of phenolic OH excluding ortho intramolecular Hbond substituents is 1. The van der Waals surface area contributed by atoms with E-state index in [9.17, 15) is 29.4 Å². The molecule has 9 rings (SSSR count). The molecule has 1 saturated carbocycles. The molecule has 57 heavy (non-hydrogen) atoms. The largest absolute Gasteiger partial charge is 0.504 e. The van der Waals surface area contributed by atoms with E-state index in [4.69, 9.17) is 21.4 Å². The van der Waals surface area contributed by atoms with E-state index in [0.717, 1.165) is 31.0 Å². The summed E-state index contributed by atoms with van der Waals surface area (Å²) in [6.07, 6.45) is 2.26. The number of carbonyl (C=O) groups excluding carboxylic acids is 4. The molecule has 0 spiro atoms. The fourth-order valence-electron chi connectivity index (χ4n) is 9.78. The number of halogens is 2. The molecule has 0 bridgehead atoms. The third-order valence-corrected chi connectivity index (χ3v) is 14.8. The maximum Gasteiger partial charge on any atom is 0.335 e. The topological polar surface area (TPSA) is 159 Å². The van der Waals surface area contributed by atoms with Crippen molar-refractivity contribution in [3.8, 4) is 22.1 Å². The summed E-state index contributed by atoms with van der Waals surface area (Å²) in [6, 6.07) is 16.6. The Balaban J connectivity index is 1.17. The molecule has 2 aliphatic carbocycles. The minimum absolute atomic E-state index is 0.0634. The second-order valence-corrected chi connectivity index (χ2v) is 17.9.